The van der Waals surface area contributed by atoms with Crippen LogP contribution in [0.3, 0.4) is 0 Å². The molecule has 1 amide bonds. The van der Waals surface area contributed by atoms with Crippen molar-refractivity contribution in [3.8, 4) is 0 Å². The minimum Gasteiger partial charge on any atom is -0.391 e. The third kappa shape index (κ3) is 3.83. The number of aromatic nitrogens is 1. The first-order valence-electron chi connectivity index (χ1n) is 5.40. The van der Waals surface area contributed by atoms with E-state index in [0.717, 1.165) is 0 Å². The lowest BCUT2D eigenvalue weighted by molar-refractivity contribution is -0.119. The maximum absolute atomic E-state index is 11.5. The van der Waals surface area contributed by atoms with Crippen LogP contribution in [0.25, 0.3) is 0 Å². The first-order chi connectivity index (χ1) is 8.12. The smallest absolute Gasteiger partial charge is 0.239 e. The molecular weight excluding hydrogens is 262 g/mol. The summed E-state index contributed by atoms with van der Waals surface area (Å²) in [7, 11) is 0. The summed E-state index contributed by atoms with van der Waals surface area (Å²) in [6.45, 7) is 5.20. The highest BCUT2D eigenvalue weighted by Crippen LogP contribution is 2.29. The second-order valence-corrected chi connectivity index (χ2v) is 4.76. The molecule has 0 spiro atoms. The van der Waals surface area contributed by atoms with Crippen molar-refractivity contribution in [1.82, 2.24) is 10.3 Å². The summed E-state index contributed by atoms with van der Waals surface area (Å²) in [5.74, 6) is -0.0498. The van der Waals surface area contributed by atoms with Crippen LogP contribution in [0.5, 0.6) is 0 Å². The third-order valence-electron chi connectivity index (χ3n) is 2.14. The monoisotopic (exact) mass is 277 g/mol. The molecule has 0 radical (unpaired) electrons. The molecule has 0 aromatic carbocycles. The number of rotatable bonds is 6. The lowest BCUT2D eigenvalue weighted by Gasteiger charge is -2.18. The van der Waals surface area contributed by atoms with E-state index in [9.17, 15) is 4.79 Å². The number of aliphatic hydroxyl groups is 1. The van der Waals surface area contributed by atoms with Crippen molar-refractivity contribution < 1.29 is 9.90 Å². The number of hydrogen-bond donors (Lipinski definition) is 2. The fourth-order valence-electron chi connectivity index (χ4n) is 1.30. The predicted octanol–water partition coefficient (Wildman–Crippen LogP) is 1.25. The number of carbonyl (C=O) groups excluding carboxylic acids is 1. The number of likely N-dealkylation sites (N-methyl/N-ethyl adjacent to an activating group) is 2. The Hall–Kier alpha value is -0.850. The Morgan fingerprint density at radius 1 is 1.59 bits per heavy atom. The SMILES string of the molecule is CCNC(=O)CN(CC)c1nc(Cl)c(CO)s1. The molecule has 0 aliphatic rings. The van der Waals surface area contributed by atoms with Crippen molar-refractivity contribution in [1.29, 1.82) is 0 Å². The molecule has 0 unspecified atom stereocenters. The Morgan fingerprint density at radius 3 is 2.76 bits per heavy atom. The molecule has 0 saturated carbocycles. The Balaban J connectivity index is 2.75. The van der Waals surface area contributed by atoms with Crippen LogP contribution >= 0.6 is 22.9 Å². The highest BCUT2D eigenvalue weighted by molar-refractivity contribution is 7.16. The zero-order valence-corrected chi connectivity index (χ0v) is 11.4. The van der Waals surface area contributed by atoms with Gasteiger partial charge in [-0.25, -0.2) is 4.98 Å². The van der Waals surface area contributed by atoms with E-state index in [1.807, 2.05) is 18.7 Å². The van der Waals surface area contributed by atoms with Gasteiger partial charge in [0.15, 0.2) is 5.13 Å². The summed E-state index contributed by atoms with van der Waals surface area (Å²) in [6.07, 6.45) is 0. The zero-order chi connectivity index (χ0) is 12.8. The minimum atomic E-state index is -0.130. The first-order valence-corrected chi connectivity index (χ1v) is 6.59. The number of carbonyl (C=O) groups is 1. The molecule has 0 saturated heterocycles. The summed E-state index contributed by atoms with van der Waals surface area (Å²) >= 11 is 7.16. The topological polar surface area (TPSA) is 65.5 Å². The van der Waals surface area contributed by atoms with Crippen LogP contribution in [0.15, 0.2) is 0 Å². The maximum Gasteiger partial charge on any atom is 0.239 e. The van der Waals surface area contributed by atoms with Gasteiger partial charge in [0.25, 0.3) is 0 Å². The Kier molecular flexibility index (Phi) is 5.67. The molecule has 2 N–H and O–H groups in total. The molecule has 5 nitrogen and oxygen atoms in total. The molecule has 0 aliphatic carbocycles. The fourth-order valence-corrected chi connectivity index (χ4v) is 2.48. The number of halogens is 1. The predicted molar refractivity (Wildman–Crippen MR) is 69.6 cm³/mol. The average molecular weight is 278 g/mol. The van der Waals surface area contributed by atoms with Crippen LogP contribution in [0.4, 0.5) is 5.13 Å². The van der Waals surface area contributed by atoms with E-state index in [1.54, 1.807) is 0 Å². The molecule has 1 heterocycles. The quantitative estimate of drug-likeness (QED) is 0.821. The Morgan fingerprint density at radius 2 is 2.29 bits per heavy atom. The van der Waals surface area contributed by atoms with Gasteiger partial charge < -0.3 is 15.3 Å². The van der Waals surface area contributed by atoms with Crippen LogP contribution in [0.1, 0.15) is 18.7 Å². The van der Waals surface area contributed by atoms with Crippen LogP contribution < -0.4 is 10.2 Å². The number of thiazole rings is 1. The van der Waals surface area contributed by atoms with Gasteiger partial charge in [0, 0.05) is 13.1 Å². The van der Waals surface area contributed by atoms with Crippen molar-refractivity contribution in [2.24, 2.45) is 0 Å². The molecule has 0 atom stereocenters. The van der Waals surface area contributed by atoms with E-state index in [-0.39, 0.29) is 19.1 Å². The summed E-state index contributed by atoms with van der Waals surface area (Å²) < 4.78 is 0. The summed E-state index contributed by atoms with van der Waals surface area (Å²) in [5, 5.41) is 12.7. The second-order valence-electron chi connectivity index (χ2n) is 3.34. The number of nitrogens with zero attached hydrogens (tertiary/aromatic N) is 2. The molecular formula is C10H16ClN3O2S. The van der Waals surface area contributed by atoms with Gasteiger partial charge in [-0.1, -0.05) is 22.9 Å². The van der Waals surface area contributed by atoms with E-state index < -0.39 is 0 Å². The molecule has 1 aromatic rings. The molecule has 7 heteroatoms. The Labute approximate surface area is 109 Å². The summed E-state index contributed by atoms with van der Waals surface area (Å²) in [4.78, 5) is 18.1. The molecule has 1 rings (SSSR count). The van der Waals surface area contributed by atoms with Crippen LogP contribution in [-0.2, 0) is 11.4 Å². The van der Waals surface area contributed by atoms with E-state index in [4.69, 9.17) is 16.7 Å². The molecule has 17 heavy (non-hydrogen) atoms. The number of hydrogen-bond acceptors (Lipinski definition) is 5. The number of nitrogens with one attached hydrogen (secondary N) is 1. The first kappa shape index (κ1) is 14.2. The van der Waals surface area contributed by atoms with Gasteiger partial charge in [0.05, 0.1) is 18.0 Å². The van der Waals surface area contributed by atoms with Crippen LogP contribution in [0, 0.1) is 0 Å². The largest absolute Gasteiger partial charge is 0.391 e. The molecule has 0 bridgehead atoms. The van der Waals surface area contributed by atoms with Gasteiger partial charge in [-0.15, -0.1) is 0 Å². The van der Waals surface area contributed by atoms with Crippen molar-refractivity contribution >= 4 is 34.0 Å². The highest BCUT2D eigenvalue weighted by Gasteiger charge is 2.15. The average Bonchev–Trinajstić information content (AvgIpc) is 2.67. The summed E-state index contributed by atoms with van der Waals surface area (Å²) in [6, 6.07) is 0. The second kappa shape index (κ2) is 6.78. The van der Waals surface area contributed by atoms with Gasteiger partial charge in [-0.3, -0.25) is 4.79 Å². The maximum atomic E-state index is 11.5. The molecule has 1 aromatic heterocycles. The van der Waals surface area contributed by atoms with Gasteiger partial charge in [0.1, 0.15) is 5.15 Å². The summed E-state index contributed by atoms with van der Waals surface area (Å²) in [5.41, 5.74) is 0. The molecule has 96 valence electrons. The van der Waals surface area contributed by atoms with Gasteiger partial charge in [-0.05, 0) is 13.8 Å². The van der Waals surface area contributed by atoms with Crippen molar-refractivity contribution in [3.05, 3.63) is 10.0 Å². The molecule has 0 fully saturated rings. The molecule has 0 aliphatic heterocycles. The number of amides is 1. The van der Waals surface area contributed by atoms with Crippen molar-refractivity contribution in [2.75, 3.05) is 24.5 Å². The number of anilines is 1. The van der Waals surface area contributed by atoms with Gasteiger partial charge in [-0.2, -0.15) is 0 Å². The van der Waals surface area contributed by atoms with Crippen molar-refractivity contribution in [3.63, 3.8) is 0 Å². The van der Waals surface area contributed by atoms with E-state index >= 15 is 0 Å². The lowest BCUT2D eigenvalue weighted by Crippen LogP contribution is -2.37. The van der Waals surface area contributed by atoms with E-state index in [1.165, 1.54) is 11.3 Å². The van der Waals surface area contributed by atoms with Crippen molar-refractivity contribution in [2.45, 2.75) is 20.5 Å². The van der Waals surface area contributed by atoms with Gasteiger partial charge in [0.2, 0.25) is 5.91 Å². The third-order valence-corrected chi connectivity index (χ3v) is 3.67. The number of aliphatic hydroxyl groups excluding tert-OH is 1. The van der Waals surface area contributed by atoms with Gasteiger partial charge >= 0.3 is 0 Å². The normalized spacial score (nSPS) is 10.4. The standard InChI is InChI=1S/C10H16ClN3O2S/c1-3-12-8(16)5-14(4-2)10-13-9(11)7(6-15)17-10/h15H,3-6H2,1-2H3,(H,12,16). The van der Waals surface area contributed by atoms with E-state index in [2.05, 4.69) is 10.3 Å². The highest BCUT2D eigenvalue weighted by atomic mass is 35.5. The van der Waals surface area contributed by atoms with E-state index in [0.29, 0.717) is 28.3 Å². The zero-order valence-electron chi connectivity index (χ0n) is 9.86. The van der Waals surface area contributed by atoms with Crippen LogP contribution in [-0.4, -0.2) is 35.6 Å². The fraction of sp³-hybridized carbons (Fsp3) is 0.600. The lowest BCUT2D eigenvalue weighted by atomic mass is 10.5. The Bertz CT molecular complexity index is 384. The van der Waals surface area contributed by atoms with Crippen LogP contribution in [0.2, 0.25) is 5.15 Å². The minimum absolute atomic E-state index is 0.0498.